The van der Waals surface area contributed by atoms with E-state index in [4.69, 9.17) is 0 Å². The van der Waals surface area contributed by atoms with Gasteiger partial charge in [-0.1, -0.05) is 121 Å². The molecular weight excluding hydrogens is 665 g/mol. The van der Waals surface area contributed by atoms with Gasteiger partial charge in [-0.15, -0.1) is 22.7 Å². The average Bonchev–Trinajstić information content (AvgIpc) is 3.78. The standard InChI is InChI=1S/C50H28S2/c1-3-13-39-33(9-1)35-21-17-29(31-19-23-47-41(25-31)37-11-5-7-15-45(37)51-47)27-43(35)50-40-14-4-2-10-34(40)36-22-18-30(28-44(36)49(39)50)32-20-24-48-42(26-32)38-12-6-8-16-46(38)52-48/h1-28H. The van der Waals surface area contributed by atoms with Crippen LogP contribution in [-0.2, 0) is 0 Å². The van der Waals surface area contributed by atoms with Crippen LogP contribution in [0.1, 0.15) is 0 Å². The van der Waals surface area contributed by atoms with E-state index >= 15 is 0 Å². The van der Waals surface area contributed by atoms with Crippen LogP contribution in [0.25, 0.3) is 116 Å². The Kier molecular flexibility index (Phi) is 5.90. The van der Waals surface area contributed by atoms with Crippen molar-refractivity contribution >= 4 is 117 Å². The Morgan fingerprint density at radius 2 is 0.519 bits per heavy atom. The quantitative estimate of drug-likeness (QED) is 0.158. The highest BCUT2D eigenvalue weighted by Gasteiger charge is 2.18. The molecule has 12 rings (SSSR count). The van der Waals surface area contributed by atoms with E-state index < -0.39 is 0 Å². The number of rotatable bonds is 2. The minimum absolute atomic E-state index is 1.25. The molecule has 2 aromatic heterocycles. The molecule has 0 bridgehead atoms. The lowest BCUT2D eigenvalue weighted by Crippen LogP contribution is -1.90. The largest absolute Gasteiger partial charge is 0.135 e. The van der Waals surface area contributed by atoms with Gasteiger partial charge in [-0.25, -0.2) is 0 Å². The molecule has 0 radical (unpaired) electrons. The van der Waals surface area contributed by atoms with E-state index in [1.807, 2.05) is 22.7 Å². The maximum Gasteiger partial charge on any atom is 0.0355 e. The van der Waals surface area contributed by atoms with Crippen molar-refractivity contribution in [1.29, 1.82) is 0 Å². The third-order valence-electron chi connectivity index (χ3n) is 11.2. The zero-order valence-corrected chi connectivity index (χ0v) is 29.6. The molecule has 2 heteroatoms. The Hall–Kier alpha value is -6.06. The Labute approximate surface area is 307 Å². The van der Waals surface area contributed by atoms with Gasteiger partial charge in [0.15, 0.2) is 0 Å². The summed E-state index contributed by atoms with van der Waals surface area (Å²) in [5.41, 5.74) is 5.00. The van der Waals surface area contributed by atoms with E-state index in [-0.39, 0.29) is 0 Å². The normalized spacial score (nSPS) is 12.2. The van der Waals surface area contributed by atoms with Gasteiger partial charge in [-0.3, -0.25) is 0 Å². The van der Waals surface area contributed by atoms with Crippen molar-refractivity contribution in [2.45, 2.75) is 0 Å². The summed E-state index contributed by atoms with van der Waals surface area (Å²) in [6.45, 7) is 0. The number of hydrogen-bond acceptors (Lipinski definition) is 2. The molecule has 0 aliphatic heterocycles. The van der Waals surface area contributed by atoms with Crippen molar-refractivity contribution < 1.29 is 0 Å². The van der Waals surface area contributed by atoms with Crippen LogP contribution < -0.4 is 0 Å². The van der Waals surface area contributed by atoms with Gasteiger partial charge < -0.3 is 0 Å². The van der Waals surface area contributed by atoms with E-state index in [2.05, 4.69) is 170 Å². The summed E-state index contributed by atoms with van der Waals surface area (Å²) in [7, 11) is 0. The Balaban J connectivity index is 1.18. The topological polar surface area (TPSA) is 0 Å². The lowest BCUT2D eigenvalue weighted by molar-refractivity contribution is 1.71. The fourth-order valence-electron chi connectivity index (χ4n) is 8.84. The summed E-state index contributed by atoms with van der Waals surface area (Å²) >= 11 is 3.75. The number of fused-ring (bicyclic) bond motifs is 17. The van der Waals surface area contributed by atoms with Crippen LogP contribution in [0.4, 0.5) is 0 Å². The van der Waals surface area contributed by atoms with Crippen LogP contribution in [0, 0.1) is 0 Å². The Bertz CT molecular complexity index is 3240. The second-order valence-electron chi connectivity index (χ2n) is 14.0. The summed E-state index contributed by atoms with van der Waals surface area (Å²) in [5.74, 6) is 0. The molecule has 0 fully saturated rings. The summed E-state index contributed by atoms with van der Waals surface area (Å²) < 4.78 is 5.35. The van der Waals surface area contributed by atoms with Crippen LogP contribution in [0.2, 0.25) is 0 Å². The van der Waals surface area contributed by atoms with Crippen molar-refractivity contribution in [2.24, 2.45) is 0 Å². The van der Waals surface area contributed by atoms with Gasteiger partial charge in [0, 0.05) is 40.3 Å². The highest BCUT2D eigenvalue weighted by molar-refractivity contribution is 7.26. The number of hydrogen-bond donors (Lipinski definition) is 0. The second-order valence-corrected chi connectivity index (χ2v) is 16.1. The van der Waals surface area contributed by atoms with Crippen molar-refractivity contribution in [3.63, 3.8) is 0 Å². The number of thiophene rings is 2. The van der Waals surface area contributed by atoms with Gasteiger partial charge in [0.05, 0.1) is 0 Å². The molecular formula is C50H28S2. The highest BCUT2D eigenvalue weighted by atomic mass is 32.1. The molecule has 12 aromatic rings. The van der Waals surface area contributed by atoms with Crippen LogP contribution in [-0.4, -0.2) is 0 Å². The molecule has 240 valence electrons. The first kappa shape index (κ1) is 28.6. The van der Waals surface area contributed by atoms with Crippen LogP contribution in [0.3, 0.4) is 0 Å². The smallest absolute Gasteiger partial charge is 0.0355 e. The van der Waals surface area contributed by atoms with Crippen molar-refractivity contribution in [3.8, 4) is 22.3 Å². The van der Waals surface area contributed by atoms with Gasteiger partial charge in [0.2, 0.25) is 0 Å². The maximum atomic E-state index is 2.46. The van der Waals surface area contributed by atoms with E-state index in [9.17, 15) is 0 Å². The van der Waals surface area contributed by atoms with E-state index in [0.717, 1.165) is 0 Å². The summed E-state index contributed by atoms with van der Waals surface area (Å²) in [6.07, 6.45) is 0. The molecule has 0 saturated carbocycles. The number of benzene rings is 10. The van der Waals surface area contributed by atoms with E-state index in [0.29, 0.717) is 0 Å². The zero-order valence-electron chi connectivity index (χ0n) is 28.0. The molecule has 0 amide bonds. The van der Waals surface area contributed by atoms with Crippen molar-refractivity contribution in [2.75, 3.05) is 0 Å². The third-order valence-corrected chi connectivity index (χ3v) is 13.5. The first-order valence-electron chi connectivity index (χ1n) is 17.8. The minimum atomic E-state index is 1.25. The molecule has 0 unspecified atom stereocenters. The van der Waals surface area contributed by atoms with Crippen molar-refractivity contribution in [3.05, 3.63) is 170 Å². The minimum Gasteiger partial charge on any atom is -0.135 e. The molecule has 0 aliphatic carbocycles. The fraction of sp³-hybridized carbons (Fsp3) is 0. The molecule has 2 heterocycles. The first-order chi connectivity index (χ1) is 25.8. The van der Waals surface area contributed by atoms with E-state index in [1.54, 1.807) is 0 Å². The first-order valence-corrected chi connectivity index (χ1v) is 19.5. The molecule has 10 aromatic carbocycles. The summed E-state index contributed by atoms with van der Waals surface area (Å²) in [4.78, 5) is 0. The summed E-state index contributed by atoms with van der Waals surface area (Å²) in [5, 5.41) is 18.4. The zero-order chi connectivity index (χ0) is 33.9. The van der Waals surface area contributed by atoms with Gasteiger partial charge >= 0.3 is 0 Å². The predicted molar refractivity (Wildman–Crippen MR) is 231 cm³/mol. The van der Waals surface area contributed by atoms with Gasteiger partial charge in [0.25, 0.3) is 0 Å². The maximum absolute atomic E-state index is 2.46. The molecule has 0 atom stereocenters. The van der Waals surface area contributed by atoms with Crippen LogP contribution >= 0.6 is 22.7 Å². The molecule has 52 heavy (non-hydrogen) atoms. The van der Waals surface area contributed by atoms with Crippen LogP contribution in [0.15, 0.2) is 170 Å². The Morgan fingerprint density at radius 3 is 0.962 bits per heavy atom. The van der Waals surface area contributed by atoms with Gasteiger partial charge in [-0.2, -0.15) is 0 Å². The lowest BCUT2D eigenvalue weighted by Gasteiger charge is -2.18. The average molecular weight is 693 g/mol. The van der Waals surface area contributed by atoms with Gasteiger partial charge in [-0.05, 0) is 125 Å². The monoisotopic (exact) mass is 692 g/mol. The second kappa shape index (κ2) is 10.7. The SMILES string of the molecule is c1ccc2c(c1)sc1ccc(-c3ccc4c5ccccc5c5c6cc(-c7ccc8sc9ccccc9c8c7)ccc6c6ccccc6c5c4c3)cc12. The molecule has 0 spiro atoms. The predicted octanol–water partition coefficient (Wildman–Crippen LogP) is 15.5. The Morgan fingerprint density at radius 1 is 0.212 bits per heavy atom. The van der Waals surface area contributed by atoms with Crippen LogP contribution in [0.5, 0.6) is 0 Å². The molecule has 0 nitrogen and oxygen atoms in total. The van der Waals surface area contributed by atoms with E-state index in [1.165, 1.54) is 116 Å². The molecule has 0 saturated heterocycles. The molecule has 0 aliphatic rings. The third kappa shape index (κ3) is 4.02. The van der Waals surface area contributed by atoms with Gasteiger partial charge in [0.1, 0.15) is 0 Å². The summed E-state index contributed by atoms with van der Waals surface area (Å²) in [6, 6.07) is 63.9. The lowest BCUT2D eigenvalue weighted by atomic mass is 9.85. The highest BCUT2D eigenvalue weighted by Crippen LogP contribution is 2.46. The fourth-order valence-corrected chi connectivity index (χ4v) is 11.0. The van der Waals surface area contributed by atoms with Crippen molar-refractivity contribution in [1.82, 2.24) is 0 Å². The molecule has 0 N–H and O–H groups in total.